The number of nitrogens with one attached hydrogen (secondary N) is 1. The van der Waals surface area contributed by atoms with Crippen LogP contribution in [-0.2, 0) is 22.2 Å². The molecule has 0 aliphatic heterocycles. The number of benzene rings is 1. The normalized spacial score (nSPS) is 13.7. The van der Waals surface area contributed by atoms with E-state index >= 15 is 0 Å². The number of halogens is 3. The zero-order valence-corrected chi connectivity index (χ0v) is 20.0. The average molecular weight is 508 g/mol. The number of alkyl halides is 3. The van der Waals surface area contributed by atoms with E-state index in [4.69, 9.17) is 24.7 Å². The maximum absolute atomic E-state index is 13.1. The molecule has 0 saturated heterocycles. The molecule has 36 heavy (non-hydrogen) atoms. The van der Waals surface area contributed by atoms with Crippen molar-refractivity contribution in [3.05, 3.63) is 41.5 Å². The van der Waals surface area contributed by atoms with Crippen molar-refractivity contribution in [3.63, 3.8) is 0 Å². The molecule has 0 radical (unpaired) electrons. The number of pyridine rings is 1. The quantitative estimate of drug-likeness (QED) is 0.349. The minimum Gasteiger partial charge on any atom is -0.487 e. The third-order valence-corrected chi connectivity index (χ3v) is 5.26. The van der Waals surface area contributed by atoms with E-state index in [1.807, 2.05) is 0 Å². The minimum atomic E-state index is -4.60. The molecule has 3 N–H and O–H groups in total. The molecule has 0 amide bonds. The van der Waals surface area contributed by atoms with Gasteiger partial charge in [0.2, 0.25) is 0 Å². The molecular weight excluding hydrogens is 479 g/mol. The lowest BCUT2D eigenvalue weighted by molar-refractivity contribution is -0.141. The number of methoxy groups -OCH3 is 1. The average Bonchev–Trinajstić information content (AvgIpc) is 3.64. The summed E-state index contributed by atoms with van der Waals surface area (Å²) in [6.07, 6.45) is -2.15. The van der Waals surface area contributed by atoms with Gasteiger partial charge in [-0.25, -0.2) is 15.0 Å². The Labute approximate surface area is 206 Å². The maximum Gasteiger partial charge on any atom is 0.433 e. The molecule has 1 fully saturated rings. The summed E-state index contributed by atoms with van der Waals surface area (Å²) in [5.41, 5.74) is 5.29. The van der Waals surface area contributed by atoms with Crippen molar-refractivity contribution in [3.8, 4) is 11.5 Å². The number of anilines is 2. The molecule has 1 aromatic carbocycles. The van der Waals surface area contributed by atoms with Gasteiger partial charge in [-0.2, -0.15) is 13.2 Å². The summed E-state index contributed by atoms with van der Waals surface area (Å²) in [4.78, 5) is 12.6. The number of ether oxygens (including phenoxy) is 4. The van der Waals surface area contributed by atoms with Gasteiger partial charge in [0.05, 0.1) is 37.1 Å². The number of fused-ring (bicyclic) bond motifs is 1. The van der Waals surface area contributed by atoms with Crippen LogP contribution in [0.5, 0.6) is 11.5 Å². The molecule has 1 aliphatic carbocycles. The fraction of sp³-hybridized carbons (Fsp3) is 0.458. The molecule has 12 heteroatoms. The maximum atomic E-state index is 13.1. The molecule has 9 nitrogen and oxygen atoms in total. The van der Waals surface area contributed by atoms with Gasteiger partial charge in [0.25, 0.3) is 0 Å². The SMILES string of the molecule is COCCOc1cc2nc(C)nc(NCc3cc(N)cc(C(F)(F)F)n3)c2cc1OCCOC1CC1. The van der Waals surface area contributed by atoms with Gasteiger partial charge in [-0.1, -0.05) is 0 Å². The van der Waals surface area contributed by atoms with Crippen LogP contribution in [0.25, 0.3) is 10.9 Å². The summed E-state index contributed by atoms with van der Waals surface area (Å²) < 4.78 is 61.9. The Kier molecular flexibility index (Phi) is 7.94. The number of nitrogens with two attached hydrogens (primary N) is 1. The molecule has 3 aromatic rings. The monoisotopic (exact) mass is 507 g/mol. The first-order valence-electron chi connectivity index (χ1n) is 11.5. The highest BCUT2D eigenvalue weighted by atomic mass is 19.4. The first-order valence-corrected chi connectivity index (χ1v) is 11.5. The highest BCUT2D eigenvalue weighted by molar-refractivity contribution is 5.91. The topological polar surface area (TPSA) is 114 Å². The van der Waals surface area contributed by atoms with Crippen LogP contribution in [0.15, 0.2) is 24.3 Å². The van der Waals surface area contributed by atoms with Crippen molar-refractivity contribution in [2.45, 2.75) is 38.6 Å². The van der Waals surface area contributed by atoms with Crippen LogP contribution >= 0.6 is 0 Å². The van der Waals surface area contributed by atoms with E-state index in [9.17, 15) is 13.2 Å². The van der Waals surface area contributed by atoms with Crippen LogP contribution in [0, 0.1) is 6.92 Å². The van der Waals surface area contributed by atoms with Crippen LogP contribution in [0.1, 0.15) is 30.1 Å². The molecular formula is C24H28F3N5O4. The van der Waals surface area contributed by atoms with Crippen LogP contribution in [0.2, 0.25) is 0 Å². The number of nitrogen functional groups attached to an aromatic ring is 1. The van der Waals surface area contributed by atoms with E-state index in [0.29, 0.717) is 66.6 Å². The van der Waals surface area contributed by atoms with Gasteiger partial charge in [0, 0.05) is 24.2 Å². The predicted molar refractivity (Wildman–Crippen MR) is 127 cm³/mol. The van der Waals surface area contributed by atoms with Crippen LogP contribution in [-0.4, -0.2) is 54.6 Å². The second kappa shape index (κ2) is 11.1. The molecule has 194 valence electrons. The summed E-state index contributed by atoms with van der Waals surface area (Å²) in [6.45, 7) is 3.16. The third-order valence-electron chi connectivity index (χ3n) is 5.26. The molecule has 1 saturated carbocycles. The zero-order chi connectivity index (χ0) is 25.7. The van der Waals surface area contributed by atoms with Crippen molar-refractivity contribution >= 4 is 22.4 Å². The van der Waals surface area contributed by atoms with E-state index < -0.39 is 11.9 Å². The van der Waals surface area contributed by atoms with E-state index in [1.54, 1.807) is 26.2 Å². The van der Waals surface area contributed by atoms with E-state index in [-0.39, 0.29) is 17.9 Å². The smallest absolute Gasteiger partial charge is 0.433 e. The first kappa shape index (κ1) is 25.7. The second-order valence-electron chi connectivity index (χ2n) is 8.32. The fourth-order valence-corrected chi connectivity index (χ4v) is 3.47. The van der Waals surface area contributed by atoms with Gasteiger partial charge in [-0.3, -0.25) is 0 Å². The van der Waals surface area contributed by atoms with Crippen molar-refractivity contribution in [1.29, 1.82) is 0 Å². The van der Waals surface area contributed by atoms with Crippen molar-refractivity contribution in [1.82, 2.24) is 15.0 Å². The van der Waals surface area contributed by atoms with Gasteiger partial charge in [-0.05, 0) is 38.0 Å². The molecule has 0 atom stereocenters. The summed E-state index contributed by atoms with van der Waals surface area (Å²) in [6, 6.07) is 5.66. The van der Waals surface area contributed by atoms with E-state index in [0.717, 1.165) is 18.9 Å². The Morgan fingerprint density at radius 2 is 1.69 bits per heavy atom. The number of hydrogen-bond acceptors (Lipinski definition) is 9. The second-order valence-corrected chi connectivity index (χ2v) is 8.32. The highest BCUT2D eigenvalue weighted by Crippen LogP contribution is 2.35. The number of nitrogens with zero attached hydrogens (tertiary/aromatic N) is 3. The summed E-state index contributed by atoms with van der Waals surface area (Å²) in [7, 11) is 1.58. The van der Waals surface area contributed by atoms with Crippen molar-refractivity contribution in [2.24, 2.45) is 0 Å². The number of rotatable bonds is 12. The van der Waals surface area contributed by atoms with Crippen LogP contribution in [0.4, 0.5) is 24.7 Å². The van der Waals surface area contributed by atoms with E-state index in [1.165, 1.54) is 6.07 Å². The number of aryl methyl sites for hydroxylation is 1. The molecule has 4 rings (SSSR count). The van der Waals surface area contributed by atoms with Gasteiger partial charge >= 0.3 is 6.18 Å². The Balaban J connectivity index is 1.59. The predicted octanol–water partition coefficient (Wildman–Crippen LogP) is 4.13. The zero-order valence-electron chi connectivity index (χ0n) is 20.0. The lowest BCUT2D eigenvalue weighted by Crippen LogP contribution is -2.13. The Hall–Kier alpha value is -3.38. The van der Waals surface area contributed by atoms with Gasteiger partial charge in [-0.15, -0.1) is 0 Å². The lowest BCUT2D eigenvalue weighted by atomic mass is 10.2. The summed E-state index contributed by atoms with van der Waals surface area (Å²) >= 11 is 0. The molecule has 0 bridgehead atoms. The van der Waals surface area contributed by atoms with Crippen molar-refractivity contribution < 1.29 is 32.1 Å². The molecule has 0 spiro atoms. The third kappa shape index (κ3) is 6.85. The van der Waals surface area contributed by atoms with E-state index in [2.05, 4.69) is 20.3 Å². The summed E-state index contributed by atoms with van der Waals surface area (Å²) in [5.74, 6) is 1.84. The van der Waals surface area contributed by atoms with Gasteiger partial charge in [0.1, 0.15) is 30.5 Å². The van der Waals surface area contributed by atoms with Gasteiger partial charge in [0.15, 0.2) is 11.5 Å². The molecule has 2 aromatic heterocycles. The standard InChI is InChI=1S/C24H28F3N5O4/c1-14-30-19-12-21(35-6-5-33-2)20(36-8-7-34-17-3-4-17)11-18(19)23(31-14)29-13-16-9-15(28)10-22(32-16)24(25,26)27/h9-12,17H,3-8,13H2,1-2H3,(H2,28,32)(H,29,30,31). The first-order chi connectivity index (χ1) is 17.2. The van der Waals surface area contributed by atoms with Crippen LogP contribution in [0.3, 0.4) is 0 Å². The Morgan fingerprint density at radius 3 is 2.39 bits per heavy atom. The largest absolute Gasteiger partial charge is 0.487 e. The fourth-order valence-electron chi connectivity index (χ4n) is 3.47. The highest BCUT2D eigenvalue weighted by Gasteiger charge is 2.33. The molecule has 2 heterocycles. The number of hydrogen-bond donors (Lipinski definition) is 2. The Morgan fingerprint density at radius 1 is 0.972 bits per heavy atom. The lowest BCUT2D eigenvalue weighted by Gasteiger charge is -2.16. The Bertz CT molecular complexity index is 1200. The molecule has 1 aliphatic rings. The minimum absolute atomic E-state index is 0.0280. The summed E-state index contributed by atoms with van der Waals surface area (Å²) in [5, 5.41) is 3.67. The molecule has 0 unspecified atom stereocenters. The van der Waals surface area contributed by atoms with Crippen molar-refractivity contribution in [2.75, 3.05) is 44.6 Å². The van der Waals surface area contributed by atoms with Gasteiger partial charge < -0.3 is 30.0 Å². The van der Waals surface area contributed by atoms with Crippen LogP contribution < -0.4 is 20.5 Å². The number of aromatic nitrogens is 3.